The van der Waals surface area contributed by atoms with E-state index in [0.717, 1.165) is 24.5 Å². The van der Waals surface area contributed by atoms with Crippen LogP contribution in [-0.2, 0) is 0 Å². The molecule has 140 valence electrons. The molecule has 0 radical (unpaired) electrons. The number of piperazine rings is 1. The van der Waals surface area contributed by atoms with E-state index in [2.05, 4.69) is 15.6 Å². The van der Waals surface area contributed by atoms with Crippen LogP contribution in [0.5, 0.6) is 11.5 Å². The first-order valence-electron chi connectivity index (χ1n) is 8.49. The summed E-state index contributed by atoms with van der Waals surface area (Å²) in [6.45, 7) is 7.23. The molecule has 1 atom stereocenters. The molecular formula is C17H22ClN5O3. The molecule has 26 heavy (non-hydrogen) atoms. The number of hydrogen-bond donors (Lipinski definition) is 1. The summed E-state index contributed by atoms with van der Waals surface area (Å²) in [7, 11) is 0. The highest BCUT2D eigenvalue weighted by atomic mass is 35.5. The Morgan fingerprint density at radius 1 is 1.27 bits per heavy atom. The van der Waals surface area contributed by atoms with Gasteiger partial charge in [0.25, 0.3) is 5.91 Å². The second kappa shape index (κ2) is 7.51. The molecular weight excluding hydrogens is 358 g/mol. The fraction of sp³-hybridized carbons (Fsp3) is 0.471. The van der Waals surface area contributed by atoms with Crippen molar-refractivity contribution in [2.75, 3.05) is 32.8 Å². The minimum atomic E-state index is -0.0738. The molecule has 4 rings (SSSR count). The lowest BCUT2D eigenvalue weighted by Gasteiger charge is -2.33. The van der Waals surface area contributed by atoms with Crippen molar-refractivity contribution in [3.8, 4) is 17.2 Å². The lowest BCUT2D eigenvalue weighted by molar-refractivity contribution is 0.0649. The molecule has 0 aliphatic carbocycles. The number of fused-ring (bicyclic) bond motifs is 1. The van der Waals surface area contributed by atoms with Crippen LogP contribution in [0.4, 0.5) is 0 Å². The second-order valence-electron chi connectivity index (χ2n) is 6.31. The van der Waals surface area contributed by atoms with Crippen molar-refractivity contribution in [2.45, 2.75) is 19.9 Å². The first kappa shape index (κ1) is 18.5. The predicted molar refractivity (Wildman–Crippen MR) is 97.7 cm³/mol. The molecule has 0 unspecified atom stereocenters. The van der Waals surface area contributed by atoms with Gasteiger partial charge < -0.3 is 19.7 Å². The smallest absolute Gasteiger partial charge is 0.276 e. The van der Waals surface area contributed by atoms with Gasteiger partial charge in [-0.25, -0.2) is 4.68 Å². The van der Waals surface area contributed by atoms with E-state index in [1.807, 2.05) is 36.9 Å². The van der Waals surface area contributed by atoms with Gasteiger partial charge >= 0.3 is 0 Å². The molecule has 2 aromatic rings. The summed E-state index contributed by atoms with van der Waals surface area (Å²) < 4.78 is 12.8. The molecule has 9 heteroatoms. The minimum Gasteiger partial charge on any atom is -0.486 e. The van der Waals surface area contributed by atoms with Crippen molar-refractivity contribution in [3.63, 3.8) is 0 Å². The van der Waals surface area contributed by atoms with Gasteiger partial charge in [0, 0.05) is 31.7 Å². The predicted octanol–water partition coefficient (Wildman–Crippen LogP) is 1.20. The van der Waals surface area contributed by atoms with Gasteiger partial charge in [-0.15, -0.1) is 17.5 Å². The summed E-state index contributed by atoms with van der Waals surface area (Å²) >= 11 is 0. The second-order valence-corrected chi connectivity index (χ2v) is 6.31. The first-order valence-corrected chi connectivity index (χ1v) is 8.49. The van der Waals surface area contributed by atoms with E-state index in [1.165, 1.54) is 0 Å². The van der Waals surface area contributed by atoms with E-state index in [4.69, 9.17) is 9.47 Å². The molecule has 0 spiro atoms. The fourth-order valence-electron chi connectivity index (χ4n) is 3.21. The molecule has 2 aliphatic rings. The minimum absolute atomic E-state index is 0. The van der Waals surface area contributed by atoms with Crippen molar-refractivity contribution in [2.24, 2.45) is 0 Å². The Bertz CT molecular complexity index is 810. The third-order valence-electron chi connectivity index (χ3n) is 4.63. The third-order valence-corrected chi connectivity index (χ3v) is 4.63. The zero-order chi connectivity index (χ0) is 17.4. The number of aromatic nitrogens is 3. The quantitative estimate of drug-likeness (QED) is 0.844. The van der Waals surface area contributed by atoms with Gasteiger partial charge in [0.15, 0.2) is 17.2 Å². The van der Waals surface area contributed by atoms with Gasteiger partial charge in [-0.3, -0.25) is 4.79 Å². The van der Waals surface area contributed by atoms with Crippen LogP contribution in [0, 0.1) is 6.92 Å². The number of hydrogen-bond acceptors (Lipinski definition) is 6. The maximum atomic E-state index is 12.8. The van der Waals surface area contributed by atoms with Gasteiger partial charge in [-0.1, -0.05) is 5.21 Å². The summed E-state index contributed by atoms with van der Waals surface area (Å²) in [6, 6.07) is 5.74. The Balaban J connectivity index is 0.00000196. The molecule has 1 saturated heterocycles. The maximum Gasteiger partial charge on any atom is 0.276 e. The van der Waals surface area contributed by atoms with Crippen molar-refractivity contribution in [1.82, 2.24) is 25.2 Å². The van der Waals surface area contributed by atoms with Crippen LogP contribution >= 0.6 is 12.4 Å². The standard InChI is InChI=1S/C17H21N5O3.ClH/c1-11-10-18-5-6-21(11)17(23)16-12(2)22(20-19-16)13-3-4-14-15(9-13)25-8-7-24-14;/h3-4,9,11,18H,5-8,10H2,1-2H3;1H/t11-;/m0./s1. The van der Waals surface area contributed by atoms with Crippen molar-refractivity contribution in [3.05, 3.63) is 29.6 Å². The van der Waals surface area contributed by atoms with Crippen LogP contribution in [0.15, 0.2) is 18.2 Å². The third kappa shape index (κ3) is 3.22. The first-order chi connectivity index (χ1) is 12.1. The Morgan fingerprint density at radius 2 is 2.04 bits per heavy atom. The summed E-state index contributed by atoms with van der Waals surface area (Å²) in [5.41, 5.74) is 1.90. The van der Waals surface area contributed by atoms with Gasteiger partial charge in [0.1, 0.15) is 13.2 Å². The number of benzene rings is 1. The number of nitrogens with zero attached hydrogens (tertiary/aromatic N) is 4. The number of carbonyl (C=O) groups excluding carboxylic acids is 1. The zero-order valence-electron chi connectivity index (χ0n) is 14.8. The van der Waals surface area contributed by atoms with Crippen molar-refractivity contribution in [1.29, 1.82) is 0 Å². The SMILES string of the molecule is Cc1c(C(=O)N2CCNC[C@@H]2C)nnn1-c1ccc2c(c1)OCCO2.Cl. The molecule has 1 N–H and O–H groups in total. The average Bonchev–Trinajstić information content (AvgIpc) is 3.02. The van der Waals surface area contributed by atoms with Crippen molar-refractivity contribution >= 4 is 18.3 Å². The fourth-order valence-corrected chi connectivity index (χ4v) is 3.21. The summed E-state index contributed by atoms with van der Waals surface area (Å²) in [4.78, 5) is 14.7. The number of carbonyl (C=O) groups is 1. The summed E-state index contributed by atoms with van der Waals surface area (Å²) in [5.74, 6) is 1.33. The highest BCUT2D eigenvalue weighted by Gasteiger charge is 2.28. The largest absolute Gasteiger partial charge is 0.486 e. The van der Waals surface area contributed by atoms with Crippen LogP contribution in [0.3, 0.4) is 0 Å². The number of amides is 1. The van der Waals surface area contributed by atoms with Crippen LogP contribution in [0.1, 0.15) is 23.1 Å². The highest BCUT2D eigenvalue weighted by Crippen LogP contribution is 2.32. The Kier molecular flexibility index (Phi) is 5.33. The van der Waals surface area contributed by atoms with Crippen LogP contribution in [-0.4, -0.2) is 64.7 Å². The lowest BCUT2D eigenvalue weighted by atomic mass is 10.2. The van der Waals surface area contributed by atoms with E-state index in [9.17, 15) is 4.79 Å². The number of nitrogens with one attached hydrogen (secondary N) is 1. The van der Waals surface area contributed by atoms with E-state index < -0.39 is 0 Å². The van der Waals surface area contributed by atoms with E-state index in [0.29, 0.717) is 36.9 Å². The molecule has 0 bridgehead atoms. The van der Waals surface area contributed by atoms with Gasteiger partial charge in [-0.05, 0) is 26.0 Å². The number of rotatable bonds is 2. The Hall–Kier alpha value is -2.32. The molecule has 0 saturated carbocycles. The van der Waals surface area contributed by atoms with Crippen LogP contribution in [0.2, 0.25) is 0 Å². The summed E-state index contributed by atoms with van der Waals surface area (Å²) in [6.07, 6.45) is 0. The molecule has 1 amide bonds. The van der Waals surface area contributed by atoms with Gasteiger partial charge in [0.05, 0.1) is 11.4 Å². The molecule has 1 aromatic heterocycles. The average molecular weight is 380 g/mol. The van der Waals surface area contributed by atoms with E-state index in [-0.39, 0.29) is 24.4 Å². The molecule has 3 heterocycles. The van der Waals surface area contributed by atoms with Crippen molar-refractivity contribution < 1.29 is 14.3 Å². The molecule has 2 aliphatic heterocycles. The lowest BCUT2D eigenvalue weighted by Crippen LogP contribution is -2.52. The van der Waals surface area contributed by atoms with Gasteiger partial charge in [-0.2, -0.15) is 0 Å². The monoisotopic (exact) mass is 379 g/mol. The topological polar surface area (TPSA) is 81.5 Å². The van der Waals surface area contributed by atoms with E-state index >= 15 is 0 Å². The van der Waals surface area contributed by atoms with Crippen LogP contribution < -0.4 is 14.8 Å². The molecule has 1 aromatic carbocycles. The van der Waals surface area contributed by atoms with Crippen LogP contribution in [0.25, 0.3) is 5.69 Å². The summed E-state index contributed by atoms with van der Waals surface area (Å²) in [5, 5.41) is 11.6. The number of halogens is 1. The Morgan fingerprint density at radius 3 is 2.81 bits per heavy atom. The number of ether oxygens (including phenoxy) is 2. The molecule has 1 fully saturated rings. The van der Waals surface area contributed by atoms with Gasteiger partial charge in [0.2, 0.25) is 0 Å². The molecule has 8 nitrogen and oxygen atoms in total. The Labute approximate surface area is 157 Å². The maximum absolute atomic E-state index is 12.8. The van der Waals surface area contributed by atoms with E-state index in [1.54, 1.807) is 4.68 Å². The highest BCUT2D eigenvalue weighted by molar-refractivity contribution is 5.93. The normalized spacial score (nSPS) is 19.0. The zero-order valence-corrected chi connectivity index (χ0v) is 15.6.